The van der Waals surface area contributed by atoms with Crippen molar-refractivity contribution >= 4 is 29.1 Å². The van der Waals surface area contributed by atoms with Crippen molar-refractivity contribution in [1.29, 1.82) is 0 Å². The zero-order chi connectivity index (χ0) is 18.6. The van der Waals surface area contributed by atoms with Crippen LogP contribution in [0.2, 0.25) is 5.02 Å². The second kappa shape index (κ2) is 7.66. The molecule has 2 amide bonds. The molecular formula is C19H22ClN3O2. The van der Waals surface area contributed by atoms with Crippen molar-refractivity contribution < 1.29 is 9.59 Å². The van der Waals surface area contributed by atoms with Crippen LogP contribution in [0.1, 0.15) is 30.5 Å². The Bertz CT molecular complexity index is 766. The number of hydrogen-bond donors (Lipinski definition) is 2. The lowest BCUT2D eigenvalue weighted by Gasteiger charge is -2.23. The van der Waals surface area contributed by atoms with Crippen LogP contribution in [0.25, 0.3) is 0 Å². The summed E-state index contributed by atoms with van der Waals surface area (Å²) in [5.74, 6) is -0.778. The van der Waals surface area contributed by atoms with Crippen molar-refractivity contribution in [3.63, 3.8) is 0 Å². The van der Waals surface area contributed by atoms with Crippen LogP contribution in [0.3, 0.4) is 0 Å². The summed E-state index contributed by atoms with van der Waals surface area (Å²) in [7, 11) is 0. The minimum Gasteiger partial charge on any atom is -0.351 e. The number of amides is 2. The van der Waals surface area contributed by atoms with E-state index in [1.165, 1.54) is 0 Å². The Morgan fingerprint density at radius 3 is 2.52 bits per heavy atom. The number of benzene rings is 1. The number of rotatable bonds is 5. The molecule has 0 unspecified atom stereocenters. The van der Waals surface area contributed by atoms with E-state index in [2.05, 4.69) is 15.6 Å². The molecule has 0 fully saturated rings. The highest BCUT2D eigenvalue weighted by atomic mass is 35.5. The molecule has 0 aliphatic rings. The van der Waals surface area contributed by atoms with E-state index in [-0.39, 0.29) is 5.91 Å². The van der Waals surface area contributed by atoms with Gasteiger partial charge in [0, 0.05) is 18.9 Å². The number of carbonyl (C=O) groups excluding carboxylic acids is 2. The highest BCUT2D eigenvalue weighted by Gasteiger charge is 2.36. The van der Waals surface area contributed by atoms with Crippen LogP contribution in [0.15, 0.2) is 36.7 Å². The van der Waals surface area contributed by atoms with E-state index >= 15 is 0 Å². The van der Waals surface area contributed by atoms with Gasteiger partial charge in [-0.25, -0.2) is 0 Å². The van der Waals surface area contributed by atoms with Gasteiger partial charge in [-0.3, -0.25) is 14.6 Å². The van der Waals surface area contributed by atoms with Crippen LogP contribution in [-0.2, 0) is 16.1 Å². The molecular weight excluding hydrogens is 338 g/mol. The molecule has 2 aromatic rings. The van der Waals surface area contributed by atoms with E-state index in [1.807, 2.05) is 26.0 Å². The summed E-state index contributed by atoms with van der Waals surface area (Å²) in [4.78, 5) is 29.1. The van der Waals surface area contributed by atoms with Gasteiger partial charge in [0.25, 0.3) is 0 Å². The molecule has 25 heavy (non-hydrogen) atoms. The molecule has 132 valence electrons. The molecule has 2 rings (SSSR count). The Morgan fingerprint density at radius 1 is 1.20 bits per heavy atom. The van der Waals surface area contributed by atoms with Crippen molar-refractivity contribution in [3.05, 3.63) is 58.4 Å². The summed E-state index contributed by atoms with van der Waals surface area (Å²) in [6.07, 6.45) is 3.33. The monoisotopic (exact) mass is 359 g/mol. The number of anilines is 1. The second-order valence-electron chi connectivity index (χ2n) is 6.56. The summed E-state index contributed by atoms with van der Waals surface area (Å²) in [6.45, 7) is 7.27. The van der Waals surface area contributed by atoms with E-state index in [1.54, 1.807) is 38.4 Å². The molecule has 0 aliphatic heterocycles. The summed E-state index contributed by atoms with van der Waals surface area (Å²) < 4.78 is 0. The fraction of sp³-hybridized carbons (Fsp3) is 0.316. The lowest BCUT2D eigenvalue weighted by molar-refractivity contribution is -0.138. The standard InChI is InChI=1S/C19H22ClN3O2/c1-12-8-13(2)16(15(20)9-12)23-18(25)19(3,4)17(24)22-11-14-6-5-7-21-10-14/h5-10H,11H2,1-4H3,(H,22,24)(H,23,25). The largest absolute Gasteiger partial charge is 0.351 e. The number of nitrogens with one attached hydrogen (secondary N) is 2. The third kappa shape index (κ3) is 4.57. The maximum atomic E-state index is 12.6. The summed E-state index contributed by atoms with van der Waals surface area (Å²) >= 11 is 6.23. The Hall–Kier alpha value is -2.40. The molecule has 0 aliphatic carbocycles. The highest BCUT2D eigenvalue weighted by molar-refractivity contribution is 6.34. The Balaban J connectivity index is 2.07. The van der Waals surface area contributed by atoms with E-state index in [0.717, 1.165) is 16.7 Å². The summed E-state index contributed by atoms with van der Waals surface area (Å²) in [5, 5.41) is 6.01. The second-order valence-corrected chi connectivity index (χ2v) is 6.97. The number of aryl methyl sites for hydroxylation is 2. The van der Waals surface area contributed by atoms with E-state index < -0.39 is 11.3 Å². The molecule has 0 saturated heterocycles. The average Bonchev–Trinajstić information content (AvgIpc) is 2.56. The third-order valence-electron chi connectivity index (χ3n) is 3.98. The van der Waals surface area contributed by atoms with Gasteiger partial charge in [-0.15, -0.1) is 0 Å². The molecule has 6 heteroatoms. The van der Waals surface area contributed by atoms with Crippen molar-refractivity contribution in [2.45, 2.75) is 34.2 Å². The highest BCUT2D eigenvalue weighted by Crippen LogP contribution is 2.29. The Morgan fingerprint density at radius 2 is 1.92 bits per heavy atom. The van der Waals surface area contributed by atoms with Crippen LogP contribution >= 0.6 is 11.6 Å². The van der Waals surface area contributed by atoms with Crippen LogP contribution in [0.4, 0.5) is 5.69 Å². The van der Waals surface area contributed by atoms with Gasteiger partial charge >= 0.3 is 0 Å². The predicted octanol–water partition coefficient (Wildman–Crippen LogP) is 3.63. The molecule has 1 aromatic carbocycles. The number of pyridine rings is 1. The van der Waals surface area contributed by atoms with Gasteiger partial charge in [0.1, 0.15) is 5.41 Å². The first kappa shape index (κ1) is 18.9. The normalized spacial score (nSPS) is 11.1. The molecule has 5 nitrogen and oxygen atoms in total. The number of hydrogen-bond acceptors (Lipinski definition) is 3. The quantitative estimate of drug-likeness (QED) is 0.801. The maximum absolute atomic E-state index is 12.6. The smallest absolute Gasteiger partial charge is 0.239 e. The molecule has 2 N–H and O–H groups in total. The van der Waals surface area contributed by atoms with Crippen molar-refractivity contribution in [3.8, 4) is 0 Å². The first-order valence-electron chi connectivity index (χ1n) is 7.97. The van der Waals surface area contributed by atoms with Crippen molar-refractivity contribution in [1.82, 2.24) is 10.3 Å². The van der Waals surface area contributed by atoms with Crippen LogP contribution in [-0.4, -0.2) is 16.8 Å². The predicted molar refractivity (Wildman–Crippen MR) is 99.4 cm³/mol. The zero-order valence-corrected chi connectivity index (χ0v) is 15.6. The molecule has 1 aromatic heterocycles. The average molecular weight is 360 g/mol. The molecule has 1 heterocycles. The van der Waals surface area contributed by atoms with Gasteiger partial charge < -0.3 is 10.6 Å². The van der Waals surface area contributed by atoms with Crippen molar-refractivity contribution in [2.24, 2.45) is 5.41 Å². The van der Waals surface area contributed by atoms with E-state index in [4.69, 9.17) is 11.6 Å². The number of aromatic nitrogens is 1. The lowest BCUT2D eigenvalue weighted by atomic mass is 9.90. The SMILES string of the molecule is Cc1cc(C)c(NC(=O)C(C)(C)C(=O)NCc2cccnc2)c(Cl)c1. The van der Waals surface area contributed by atoms with Crippen molar-refractivity contribution in [2.75, 3.05) is 5.32 Å². The fourth-order valence-corrected chi connectivity index (χ4v) is 2.72. The topological polar surface area (TPSA) is 71.1 Å². The van der Waals surface area contributed by atoms with E-state index in [0.29, 0.717) is 17.3 Å². The summed E-state index contributed by atoms with van der Waals surface area (Å²) in [6, 6.07) is 7.36. The first-order valence-corrected chi connectivity index (χ1v) is 8.35. The van der Waals surface area contributed by atoms with Gasteiger partial charge in [0.15, 0.2) is 0 Å². The Kier molecular flexibility index (Phi) is 5.80. The minimum absolute atomic E-state index is 0.313. The Labute approximate surface area is 152 Å². The molecule has 0 saturated carbocycles. The van der Waals surface area contributed by atoms with Gasteiger partial charge in [-0.1, -0.05) is 23.7 Å². The first-order chi connectivity index (χ1) is 11.7. The van der Waals surface area contributed by atoms with Gasteiger partial charge in [-0.2, -0.15) is 0 Å². The minimum atomic E-state index is -1.25. The zero-order valence-electron chi connectivity index (χ0n) is 14.8. The maximum Gasteiger partial charge on any atom is 0.239 e. The van der Waals surface area contributed by atoms with Crippen LogP contribution < -0.4 is 10.6 Å². The molecule has 0 spiro atoms. The van der Waals surface area contributed by atoms with Crippen LogP contribution in [0.5, 0.6) is 0 Å². The van der Waals surface area contributed by atoms with Crippen LogP contribution in [0, 0.1) is 19.3 Å². The number of carbonyl (C=O) groups is 2. The van der Waals surface area contributed by atoms with Gasteiger partial charge in [-0.05, 0) is 56.5 Å². The number of nitrogens with zero attached hydrogens (tertiary/aromatic N) is 1. The fourth-order valence-electron chi connectivity index (χ4n) is 2.35. The van der Waals surface area contributed by atoms with Gasteiger partial charge in [0.05, 0.1) is 10.7 Å². The molecule has 0 atom stereocenters. The summed E-state index contributed by atoms with van der Waals surface area (Å²) in [5.41, 5.74) is 2.01. The van der Waals surface area contributed by atoms with E-state index in [9.17, 15) is 9.59 Å². The van der Waals surface area contributed by atoms with Gasteiger partial charge in [0.2, 0.25) is 11.8 Å². The number of halogens is 1. The third-order valence-corrected chi connectivity index (χ3v) is 4.28. The lowest BCUT2D eigenvalue weighted by Crippen LogP contribution is -2.45. The molecule has 0 bridgehead atoms. The molecule has 0 radical (unpaired) electrons.